The first-order valence-electron chi connectivity index (χ1n) is 14.1. The van der Waals surface area contributed by atoms with Crippen LogP contribution in [0.15, 0.2) is 65.8 Å². The van der Waals surface area contributed by atoms with Crippen LogP contribution in [0.25, 0.3) is 50.4 Å². The quantitative estimate of drug-likeness (QED) is 0.304. The van der Waals surface area contributed by atoms with E-state index in [0.717, 1.165) is 52.1 Å². The SMILES string of the molecule is CNc1ccc(-c2cc3nc(-c4cncn4C)n(-c4cc(C5CCOCC5)c5c(c4)n(C)c(=O)n5C)c3cc2F)cc1. The molecule has 4 heterocycles. The first-order chi connectivity index (χ1) is 20.4. The third-order valence-corrected chi connectivity index (χ3v) is 8.57. The van der Waals surface area contributed by atoms with Gasteiger partial charge in [0.2, 0.25) is 0 Å². The molecule has 1 aliphatic rings. The summed E-state index contributed by atoms with van der Waals surface area (Å²) in [6.07, 6.45) is 5.23. The number of benzene rings is 3. The Hall–Kier alpha value is -4.70. The highest BCUT2D eigenvalue weighted by atomic mass is 19.1. The van der Waals surface area contributed by atoms with Crippen LogP contribution < -0.4 is 11.0 Å². The fraction of sp³-hybridized carbons (Fsp3) is 0.281. The van der Waals surface area contributed by atoms with Gasteiger partial charge in [0, 0.05) is 58.7 Å². The first-order valence-corrected chi connectivity index (χ1v) is 14.1. The van der Waals surface area contributed by atoms with E-state index in [0.29, 0.717) is 35.6 Å². The van der Waals surface area contributed by atoms with Crippen LogP contribution >= 0.6 is 0 Å². The molecule has 0 spiro atoms. The highest BCUT2D eigenvalue weighted by Gasteiger charge is 2.26. The van der Waals surface area contributed by atoms with Gasteiger partial charge in [-0.15, -0.1) is 0 Å². The summed E-state index contributed by atoms with van der Waals surface area (Å²) in [5.74, 6) is 0.536. The second kappa shape index (κ2) is 9.99. The van der Waals surface area contributed by atoms with Crippen LogP contribution in [0.1, 0.15) is 24.3 Å². The Balaban J connectivity index is 1.52. The zero-order valence-corrected chi connectivity index (χ0v) is 24.1. The van der Waals surface area contributed by atoms with Gasteiger partial charge in [-0.1, -0.05) is 12.1 Å². The fourth-order valence-corrected chi connectivity index (χ4v) is 6.26. The maximum Gasteiger partial charge on any atom is 0.328 e. The lowest BCUT2D eigenvalue weighted by molar-refractivity contribution is 0.0855. The molecule has 0 unspecified atom stereocenters. The summed E-state index contributed by atoms with van der Waals surface area (Å²) in [6.45, 7) is 1.35. The van der Waals surface area contributed by atoms with E-state index in [9.17, 15) is 4.79 Å². The zero-order chi connectivity index (χ0) is 29.1. The van der Waals surface area contributed by atoms with Gasteiger partial charge >= 0.3 is 5.69 Å². The third kappa shape index (κ3) is 4.05. The van der Waals surface area contributed by atoms with Gasteiger partial charge in [0.05, 0.1) is 40.3 Å². The van der Waals surface area contributed by atoms with Gasteiger partial charge in [-0.2, -0.15) is 0 Å². The smallest absolute Gasteiger partial charge is 0.328 e. The number of aryl methyl sites for hydroxylation is 3. The number of nitrogens with one attached hydrogen (secondary N) is 1. The van der Waals surface area contributed by atoms with E-state index in [-0.39, 0.29) is 17.4 Å². The van der Waals surface area contributed by atoms with Gasteiger partial charge in [0.25, 0.3) is 0 Å². The molecule has 0 aliphatic carbocycles. The molecule has 214 valence electrons. The van der Waals surface area contributed by atoms with Crippen LogP contribution in [0.3, 0.4) is 0 Å². The van der Waals surface area contributed by atoms with Crippen LogP contribution in [0.5, 0.6) is 0 Å². The summed E-state index contributed by atoms with van der Waals surface area (Å²) in [6, 6.07) is 15.2. The van der Waals surface area contributed by atoms with Gasteiger partial charge in [-0.05, 0) is 60.2 Å². The van der Waals surface area contributed by atoms with Gasteiger partial charge in [0.1, 0.15) is 11.5 Å². The highest BCUT2D eigenvalue weighted by molar-refractivity contribution is 5.90. The Kier molecular flexibility index (Phi) is 6.23. The molecule has 1 aliphatic heterocycles. The second-order valence-electron chi connectivity index (χ2n) is 11.0. The molecule has 1 N–H and O–H groups in total. The molecule has 3 aromatic heterocycles. The molecular formula is C32H32FN7O2. The summed E-state index contributed by atoms with van der Waals surface area (Å²) in [7, 11) is 7.38. The van der Waals surface area contributed by atoms with Crippen LogP contribution in [-0.4, -0.2) is 48.5 Å². The number of imidazole rings is 3. The normalized spacial score (nSPS) is 14.3. The Labute approximate surface area is 241 Å². The number of ether oxygens (including phenoxy) is 1. The summed E-state index contributed by atoms with van der Waals surface area (Å²) >= 11 is 0. The number of anilines is 1. The molecule has 0 atom stereocenters. The lowest BCUT2D eigenvalue weighted by atomic mass is 9.90. The average molecular weight is 566 g/mol. The number of nitrogens with zero attached hydrogens (tertiary/aromatic N) is 6. The first kappa shape index (κ1) is 26.2. The summed E-state index contributed by atoms with van der Waals surface area (Å²) in [5, 5.41) is 3.10. The summed E-state index contributed by atoms with van der Waals surface area (Å²) < 4.78 is 28.9. The lowest BCUT2D eigenvalue weighted by Gasteiger charge is -2.24. The van der Waals surface area contributed by atoms with Crippen LogP contribution in [0.4, 0.5) is 10.1 Å². The van der Waals surface area contributed by atoms with E-state index in [1.54, 1.807) is 34.8 Å². The molecule has 0 radical (unpaired) electrons. The zero-order valence-electron chi connectivity index (χ0n) is 24.1. The van der Waals surface area contributed by atoms with Crippen molar-refractivity contribution >= 4 is 27.8 Å². The summed E-state index contributed by atoms with van der Waals surface area (Å²) in [5.41, 5.74) is 7.85. The van der Waals surface area contributed by atoms with Crippen molar-refractivity contribution in [1.29, 1.82) is 0 Å². The Morgan fingerprint density at radius 2 is 1.74 bits per heavy atom. The maximum absolute atomic E-state index is 15.9. The number of hydrogen-bond donors (Lipinski definition) is 1. The van der Waals surface area contributed by atoms with Crippen molar-refractivity contribution in [3.63, 3.8) is 0 Å². The third-order valence-electron chi connectivity index (χ3n) is 8.57. The largest absolute Gasteiger partial charge is 0.388 e. The molecule has 42 heavy (non-hydrogen) atoms. The number of rotatable bonds is 5. The van der Waals surface area contributed by atoms with Crippen LogP contribution in [0, 0.1) is 5.82 Å². The number of hydrogen-bond acceptors (Lipinski definition) is 5. The van der Waals surface area contributed by atoms with Gasteiger partial charge in [0.15, 0.2) is 5.82 Å². The average Bonchev–Trinajstić information content (AvgIpc) is 3.67. The van der Waals surface area contributed by atoms with Crippen molar-refractivity contribution in [3.8, 4) is 28.3 Å². The van der Waals surface area contributed by atoms with Gasteiger partial charge < -0.3 is 14.6 Å². The molecule has 7 rings (SSSR count). The van der Waals surface area contributed by atoms with Crippen molar-refractivity contribution in [1.82, 2.24) is 28.2 Å². The minimum absolute atomic E-state index is 0.0854. The van der Waals surface area contributed by atoms with Crippen molar-refractivity contribution in [2.45, 2.75) is 18.8 Å². The molecule has 0 bridgehead atoms. The number of fused-ring (bicyclic) bond motifs is 2. The Morgan fingerprint density at radius 1 is 0.976 bits per heavy atom. The van der Waals surface area contributed by atoms with Crippen molar-refractivity contribution in [3.05, 3.63) is 82.9 Å². The Morgan fingerprint density at radius 3 is 2.43 bits per heavy atom. The topological polar surface area (TPSA) is 83.8 Å². The Bertz CT molecular complexity index is 2020. The summed E-state index contributed by atoms with van der Waals surface area (Å²) in [4.78, 5) is 22.5. The molecule has 10 heteroatoms. The molecular weight excluding hydrogens is 533 g/mol. The lowest BCUT2D eigenvalue weighted by Crippen LogP contribution is -2.20. The second-order valence-corrected chi connectivity index (χ2v) is 11.0. The molecule has 1 saturated heterocycles. The minimum atomic E-state index is -0.338. The maximum atomic E-state index is 15.9. The van der Waals surface area contributed by atoms with Crippen molar-refractivity contribution < 1.29 is 9.13 Å². The molecule has 1 fully saturated rings. The monoisotopic (exact) mass is 565 g/mol. The fourth-order valence-electron chi connectivity index (χ4n) is 6.26. The van der Waals surface area contributed by atoms with E-state index in [1.807, 2.05) is 66.7 Å². The van der Waals surface area contributed by atoms with E-state index >= 15 is 4.39 Å². The molecule has 0 amide bonds. The molecule has 9 nitrogen and oxygen atoms in total. The molecule has 3 aromatic carbocycles. The van der Waals surface area contributed by atoms with Crippen LogP contribution in [0.2, 0.25) is 0 Å². The van der Waals surface area contributed by atoms with Crippen LogP contribution in [-0.2, 0) is 25.9 Å². The van der Waals surface area contributed by atoms with Crippen molar-refractivity contribution in [2.24, 2.45) is 21.1 Å². The van der Waals surface area contributed by atoms with E-state index in [4.69, 9.17) is 9.72 Å². The standard InChI is InChI=1S/C32H32FN7O2/c1-34-21-7-5-19(6-8-21)23-15-26-27(16-25(23)33)40(31(36-26)29-17-35-18-37(29)2)22-13-24(20-9-11-42-12-10-20)30-28(14-22)38(3)32(41)39(30)4/h5-8,13-18,20,34H,9-12H2,1-4H3. The van der Waals surface area contributed by atoms with Crippen molar-refractivity contribution in [2.75, 3.05) is 25.6 Å². The van der Waals surface area contributed by atoms with E-state index < -0.39 is 0 Å². The van der Waals surface area contributed by atoms with E-state index in [1.165, 1.54) is 0 Å². The molecule has 0 saturated carbocycles. The molecule has 6 aromatic rings. The number of aromatic nitrogens is 6. The predicted molar refractivity (Wildman–Crippen MR) is 163 cm³/mol. The predicted octanol–water partition coefficient (Wildman–Crippen LogP) is 5.36. The van der Waals surface area contributed by atoms with E-state index in [2.05, 4.69) is 16.4 Å². The van der Waals surface area contributed by atoms with Gasteiger partial charge in [-0.3, -0.25) is 13.7 Å². The van der Waals surface area contributed by atoms with Gasteiger partial charge in [-0.25, -0.2) is 19.2 Å². The highest BCUT2D eigenvalue weighted by Crippen LogP contribution is 2.38. The minimum Gasteiger partial charge on any atom is -0.388 e. The number of halogens is 1.